The minimum atomic E-state index is -4.78. The van der Waals surface area contributed by atoms with E-state index in [1.54, 1.807) is 6.92 Å². The molecule has 0 N–H and O–H groups in total. The Bertz CT molecular complexity index is 132. The van der Waals surface area contributed by atoms with Crippen molar-refractivity contribution in [3.8, 4) is 0 Å². The van der Waals surface area contributed by atoms with Gasteiger partial charge in [0.2, 0.25) is 0 Å². The molecule has 0 saturated heterocycles. The van der Waals surface area contributed by atoms with Gasteiger partial charge in [-0.3, -0.25) is 0 Å². The maximum absolute atomic E-state index is 11.5. The summed E-state index contributed by atoms with van der Waals surface area (Å²) in [5.74, 6) is 0. The van der Waals surface area contributed by atoms with Crippen molar-refractivity contribution in [3.05, 3.63) is 12.2 Å². The van der Waals surface area contributed by atoms with Crippen LogP contribution in [-0.2, 0) is 4.74 Å². The smallest absolute Gasteiger partial charge is 0.447 e. The molecule has 11 heavy (non-hydrogen) atoms. The molecule has 0 aromatic carbocycles. The first kappa shape index (κ1) is 10.6. The third-order valence-corrected chi connectivity index (χ3v) is 0.980. The van der Waals surface area contributed by atoms with Gasteiger partial charge >= 0.3 is 6.98 Å². The lowest BCUT2D eigenvalue weighted by Crippen LogP contribution is -2.24. The highest BCUT2D eigenvalue weighted by Crippen LogP contribution is 2.08. The molecule has 0 radical (unpaired) electrons. The normalized spacial score (nSPS) is 11.6. The third kappa shape index (κ3) is 9.55. The van der Waals surface area contributed by atoms with Crippen molar-refractivity contribution in [2.75, 3.05) is 13.1 Å². The van der Waals surface area contributed by atoms with E-state index in [0.717, 1.165) is 5.57 Å². The lowest BCUT2D eigenvalue weighted by Gasteiger charge is -2.13. The summed E-state index contributed by atoms with van der Waals surface area (Å²) in [6.07, 6.45) is 0.492. The van der Waals surface area contributed by atoms with E-state index in [4.69, 9.17) is 0 Å². The molecule has 0 unspecified atom stereocenters. The standard InChI is InChI=1S/C6H11BF3O/c1-6(2)3-4-11-5-7(8,9)10/h1,3-5H2,2H3/q-1. The predicted octanol–water partition coefficient (Wildman–Crippen LogP) is 2.36. The largest absolute Gasteiger partial charge is 0.503 e. The van der Waals surface area contributed by atoms with Crippen LogP contribution in [0.15, 0.2) is 12.2 Å². The number of halogens is 3. The molecule has 0 aliphatic carbocycles. The molecule has 0 saturated carbocycles. The Labute approximate surface area is 64.3 Å². The Morgan fingerprint density at radius 1 is 1.45 bits per heavy atom. The molecule has 66 valence electrons. The molecular formula is C6H11BF3O-. The second-order valence-electron chi connectivity index (χ2n) is 2.49. The zero-order chi connectivity index (χ0) is 8.91. The Morgan fingerprint density at radius 2 is 2.00 bits per heavy atom. The van der Waals surface area contributed by atoms with E-state index in [2.05, 4.69) is 11.3 Å². The van der Waals surface area contributed by atoms with Gasteiger partial charge in [0, 0.05) is 13.1 Å². The Morgan fingerprint density at radius 3 is 2.36 bits per heavy atom. The van der Waals surface area contributed by atoms with Gasteiger partial charge in [-0.25, -0.2) is 0 Å². The molecule has 0 bridgehead atoms. The Kier molecular flexibility index (Phi) is 4.26. The van der Waals surface area contributed by atoms with Gasteiger partial charge in [-0.05, 0) is 13.3 Å². The predicted molar refractivity (Wildman–Crippen MR) is 39.3 cm³/mol. The minimum Gasteiger partial charge on any atom is -0.447 e. The maximum Gasteiger partial charge on any atom is 0.503 e. The quantitative estimate of drug-likeness (QED) is 0.347. The highest BCUT2D eigenvalue weighted by molar-refractivity contribution is 6.58. The van der Waals surface area contributed by atoms with E-state index in [9.17, 15) is 12.9 Å². The van der Waals surface area contributed by atoms with Gasteiger partial charge in [0.25, 0.3) is 0 Å². The molecule has 0 aromatic rings. The molecule has 0 amide bonds. The Hall–Kier alpha value is -0.445. The van der Waals surface area contributed by atoms with Crippen molar-refractivity contribution >= 4 is 6.98 Å². The SMILES string of the molecule is C=C(C)CCOC[B-](F)(F)F. The Balaban J connectivity index is 3.22. The van der Waals surface area contributed by atoms with Crippen molar-refractivity contribution in [2.45, 2.75) is 13.3 Å². The van der Waals surface area contributed by atoms with Gasteiger partial charge in [-0.1, -0.05) is 5.57 Å². The van der Waals surface area contributed by atoms with Crippen molar-refractivity contribution in [2.24, 2.45) is 0 Å². The summed E-state index contributed by atoms with van der Waals surface area (Å²) in [6, 6.07) is 0. The lowest BCUT2D eigenvalue weighted by molar-refractivity contribution is 0.153. The molecular weight excluding hydrogens is 156 g/mol. The van der Waals surface area contributed by atoms with Crippen molar-refractivity contribution in [1.82, 2.24) is 0 Å². The van der Waals surface area contributed by atoms with E-state index < -0.39 is 13.5 Å². The first-order chi connectivity index (χ1) is 4.92. The van der Waals surface area contributed by atoms with Crippen LogP contribution in [0.2, 0.25) is 0 Å². The van der Waals surface area contributed by atoms with E-state index in [1.165, 1.54) is 0 Å². The minimum absolute atomic E-state index is 0.108. The van der Waals surface area contributed by atoms with E-state index in [-0.39, 0.29) is 6.61 Å². The summed E-state index contributed by atoms with van der Waals surface area (Å²) in [5, 5.41) is 0. The van der Waals surface area contributed by atoms with Gasteiger partial charge in [-0.15, -0.1) is 6.58 Å². The van der Waals surface area contributed by atoms with E-state index >= 15 is 0 Å². The molecule has 0 aromatic heterocycles. The lowest BCUT2D eigenvalue weighted by atomic mass is 9.95. The molecule has 0 atom stereocenters. The van der Waals surface area contributed by atoms with Gasteiger partial charge < -0.3 is 17.7 Å². The van der Waals surface area contributed by atoms with Crippen LogP contribution in [0.1, 0.15) is 13.3 Å². The average Bonchev–Trinajstić information content (AvgIpc) is 1.78. The van der Waals surface area contributed by atoms with Crippen LogP contribution in [0.4, 0.5) is 12.9 Å². The van der Waals surface area contributed by atoms with Crippen LogP contribution in [0.3, 0.4) is 0 Å². The third-order valence-electron chi connectivity index (χ3n) is 0.980. The zero-order valence-corrected chi connectivity index (χ0v) is 6.45. The molecule has 0 spiro atoms. The van der Waals surface area contributed by atoms with Crippen LogP contribution in [-0.4, -0.2) is 20.1 Å². The van der Waals surface area contributed by atoms with Crippen LogP contribution in [0.5, 0.6) is 0 Å². The first-order valence-corrected chi connectivity index (χ1v) is 3.35. The summed E-state index contributed by atoms with van der Waals surface area (Å²) >= 11 is 0. The second-order valence-corrected chi connectivity index (χ2v) is 2.49. The average molecular weight is 167 g/mol. The van der Waals surface area contributed by atoms with E-state index in [0.29, 0.717) is 6.42 Å². The van der Waals surface area contributed by atoms with Crippen molar-refractivity contribution in [3.63, 3.8) is 0 Å². The van der Waals surface area contributed by atoms with Gasteiger partial charge in [0.05, 0.1) is 0 Å². The van der Waals surface area contributed by atoms with Gasteiger partial charge in [0.15, 0.2) is 0 Å². The van der Waals surface area contributed by atoms with E-state index in [1.807, 2.05) is 0 Å². The monoisotopic (exact) mass is 167 g/mol. The fourth-order valence-electron chi connectivity index (χ4n) is 0.463. The number of rotatable bonds is 5. The van der Waals surface area contributed by atoms with Crippen molar-refractivity contribution < 1.29 is 17.7 Å². The molecule has 1 nitrogen and oxygen atoms in total. The topological polar surface area (TPSA) is 9.23 Å². The summed E-state index contributed by atoms with van der Waals surface area (Å²) in [7, 11) is 0. The number of hydrogen-bond donors (Lipinski definition) is 0. The summed E-state index contributed by atoms with van der Waals surface area (Å²) in [6.45, 7) is -0.495. The maximum atomic E-state index is 11.5. The second kappa shape index (κ2) is 4.44. The molecule has 5 heteroatoms. The summed E-state index contributed by atoms with van der Waals surface area (Å²) < 4.78 is 38.8. The van der Waals surface area contributed by atoms with Crippen LogP contribution < -0.4 is 0 Å². The van der Waals surface area contributed by atoms with Gasteiger partial charge in [0.1, 0.15) is 0 Å². The van der Waals surface area contributed by atoms with Crippen molar-refractivity contribution in [1.29, 1.82) is 0 Å². The first-order valence-electron chi connectivity index (χ1n) is 3.35. The molecule has 0 aliphatic heterocycles. The number of ether oxygens (including phenoxy) is 1. The highest BCUT2D eigenvalue weighted by atomic mass is 19.4. The molecule has 0 heterocycles. The fraction of sp³-hybridized carbons (Fsp3) is 0.667. The molecule has 0 fully saturated rings. The van der Waals surface area contributed by atoms with Crippen LogP contribution in [0.25, 0.3) is 0 Å². The number of hydrogen-bond acceptors (Lipinski definition) is 1. The van der Waals surface area contributed by atoms with Crippen LogP contribution in [0, 0.1) is 0 Å². The summed E-state index contributed by atoms with van der Waals surface area (Å²) in [5.41, 5.74) is 0.833. The van der Waals surface area contributed by atoms with Gasteiger partial charge in [-0.2, -0.15) is 0 Å². The summed E-state index contributed by atoms with van der Waals surface area (Å²) in [4.78, 5) is 0. The van der Waals surface area contributed by atoms with Crippen LogP contribution >= 0.6 is 0 Å². The molecule has 0 rings (SSSR count). The fourth-order valence-corrected chi connectivity index (χ4v) is 0.463. The highest BCUT2D eigenvalue weighted by Gasteiger charge is 2.22. The zero-order valence-electron chi connectivity index (χ0n) is 6.45. The molecule has 0 aliphatic rings.